The maximum atomic E-state index is 12.0. The van der Waals surface area contributed by atoms with Crippen molar-refractivity contribution < 1.29 is 31.3 Å². The first-order valence-electron chi connectivity index (χ1n) is 8.47. The highest BCUT2D eigenvalue weighted by atomic mass is 32.2. The second-order valence-electron chi connectivity index (χ2n) is 6.07. The normalized spacial score (nSPS) is 11.5. The number of rotatable bonds is 6. The molecule has 0 saturated carbocycles. The number of aromatic nitrogens is 3. The highest BCUT2D eigenvalue weighted by molar-refractivity contribution is 7.89. The Hall–Kier alpha value is -3.77. The maximum Gasteiger partial charge on any atom is 0.374 e. The summed E-state index contributed by atoms with van der Waals surface area (Å²) in [6.07, 6.45) is 0. The Labute approximate surface area is 169 Å². The van der Waals surface area contributed by atoms with Crippen molar-refractivity contribution >= 4 is 16.0 Å². The van der Waals surface area contributed by atoms with Gasteiger partial charge in [0, 0.05) is 5.56 Å². The van der Waals surface area contributed by atoms with Crippen molar-refractivity contribution in [2.75, 3.05) is 0 Å². The van der Waals surface area contributed by atoms with E-state index in [0.29, 0.717) is 17.0 Å². The Balaban J connectivity index is 1.50. The second kappa shape index (κ2) is 7.57. The minimum Gasteiger partial charge on any atom is -0.450 e. The summed E-state index contributed by atoms with van der Waals surface area (Å²) in [4.78, 5) is 12.0. The summed E-state index contributed by atoms with van der Waals surface area (Å²) in [6.45, 7) is 1.35. The van der Waals surface area contributed by atoms with Gasteiger partial charge in [0.15, 0.2) is 6.61 Å². The van der Waals surface area contributed by atoms with Crippen LogP contribution in [0.2, 0.25) is 0 Å². The van der Waals surface area contributed by atoms with Gasteiger partial charge in [0.05, 0.1) is 0 Å². The van der Waals surface area contributed by atoms with Gasteiger partial charge in [-0.15, -0.1) is 10.2 Å². The van der Waals surface area contributed by atoms with Gasteiger partial charge in [0.2, 0.25) is 10.9 Å². The fourth-order valence-corrected chi connectivity index (χ4v) is 3.07. The number of hydrogen-bond donors (Lipinski definition) is 1. The first kappa shape index (κ1) is 19.5. The van der Waals surface area contributed by atoms with Crippen LogP contribution in [0.5, 0.6) is 0 Å². The lowest BCUT2D eigenvalue weighted by atomic mass is 10.1. The summed E-state index contributed by atoms with van der Waals surface area (Å²) in [6, 6.07) is 11.5. The van der Waals surface area contributed by atoms with Gasteiger partial charge in [0.25, 0.3) is 21.8 Å². The summed E-state index contributed by atoms with van der Waals surface area (Å²) >= 11 is 0. The lowest BCUT2D eigenvalue weighted by Crippen LogP contribution is -2.11. The minimum atomic E-state index is -4.07. The second-order valence-corrected chi connectivity index (χ2v) is 7.56. The topological polar surface area (TPSA) is 165 Å². The van der Waals surface area contributed by atoms with Gasteiger partial charge in [-0.05, 0) is 19.1 Å². The van der Waals surface area contributed by atoms with Gasteiger partial charge >= 0.3 is 5.97 Å². The van der Waals surface area contributed by atoms with E-state index < -0.39 is 21.1 Å². The molecule has 0 spiro atoms. The van der Waals surface area contributed by atoms with Gasteiger partial charge in [0.1, 0.15) is 17.0 Å². The average Bonchev–Trinajstić information content (AvgIpc) is 3.45. The standard InChI is InChI=1S/C18H14N4O7S/c1-10-15(16(22-29-10)11-5-3-2-4-6-11)17-21-20-13(28-17)9-26-18(23)12-7-8-14(27-12)30(19,24)25/h2-8H,9H2,1H3,(H2,19,24,25). The molecule has 11 nitrogen and oxygen atoms in total. The third-order valence-electron chi connectivity index (χ3n) is 3.98. The molecule has 0 radical (unpaired) electrons. The van der Waals surface area contributed by atoms with Gasteiger partial charge in [-0.1, -0.05) is 35.5 Å². The molecule has 0 aliphatic rings. The van der Waals surface area contributed by atoms with E-state index in [1.807, 2.05) is 30.3 Å². The number of nitrogens with zero attached hydrogens (tertiary/aromatic N) is 3. The van der Waals surface area contributed by atoms with E-state index in [-0.39, 0.29) is 24.1 Å². The van der Waals surface area contributed by atoms with E-state index in [1.54, 1.807) is 6.92 Å². The molecule has 3 aromatic heterocycles. The number of aryl methyl sites for hydroxylation is 1. The minimum absolute atomic E-state index is 0.0104. The molecular formula is C18H14N4O7S. The van der Waals surface area contributed by atoms with Gasteiger partial charge in [-0.25, -0.2) is 18.4 Å². The highest BCUT2D eigenvalue weighted by Crippen LogP contribution is 2.33. The molecule has 0 atom stereocenters. The average molecular weight is 430 g/mol. The van der Waals surface area contributed by atoms with Crippen molar-refractivity contribution in [2.24, 2.45) is 5.14 Å². The van der Waals surface area contributed by atoms with Crippen LogP contribution in [0.25, 0.3) is 22.7 Å². The van der Waals surface area contributed by atoms with Crippen LogP contribution in [-0.2, 0) is 21.4 Å². The summed E-state index contributed by atoms with van der Waals surface area (Å²) in [5, 5.41) is 16.2. The van der Waals surface area contributed by atoms with Crippen LogP contribution < -0.4 is 5.14 Å². The lowest BCUT2D eigenvalue weighted by Gasteiger charge is -1.99. The molecule has 0 saturated heterocycles. The van der Waals surface area contributed by atoms with Crippen LogP contribution in [0.3, 0.4) is 0 Å². The highest BCUT2D eigenvalue weighted by Gasteiger charge is 2.23. The molecule has 4 rings (SSSR count). The fraction of sp³-hybridized carbons (Fsp3) is 0.111. The van der Waals surface area contributed by atoms with Crippen LogP contribution >= 0.6 is 0 Å². The van der Waals surface area contributed by atoms with Gasteiger partial charge in [-0.2, -0.15) is 0 Å². The zero-order chi connectivity index (χ0) is 21.3. The van der Waals surface area contributed by atoms with Gasteiger partial charge in [-0.3, -0.25) is 0 Å². The summed E-state index contributed by atoms with van der Waals surface area (Å²) in [5.41, 5.74) is 1.86. The van der Waals surface area contributed by atoms with Crippen molar-refractivity contribution in [3.63, 3.8) is 0 Å². The van der Waals surface area contributed by atoms with Crippen LogP contribution in [0.1, 0.15) is 22.2 Å². The first-order valence-corrected chi connectivity index (χ1v) is 10.0. The maximum absolute atomic E-state index is 12.0. The molecule has 4 aromatic rings. The van der Waals surface area contributed by atoms with E-state index >= 15 is 0 Å². The van der Waals surface area contributed by atoms with Crippen LogP contribution in [-0.4, -0.2) is 29.7 Å². The van der Waals surface area contributed by atoms with Crippen molar-refractivity contribution in [1.82, 2.24) is 15.4 Å². The Morgan fingerprint density at radius 2 is 1.87 bits per heavy atom. The number of sulfonamides is 1. The number of primary sulfonamides is 1. The number of carbonyl (C=O) groups is 1. The van der Waals surface area contributed by atoms with E-state index in [4.69, 9.17) is 23.2 Å². The predicted octanol–water partition coefficient (Wildman–Crippen LogP) is 2.30. The number of benzene rings is 1. The lowest BCUT2D eigenvalue weighted by molar-refractivity contribution is 0.0396. The zero-order valence-corrected chi connectivity index (χ0v) is 16.3. The summed E-state index contributed by atoms with van der Waals surface area (Å²) in [7, 11) is -4.07. The number of hydrogen-bond acceptors (Lipinski definition) is 10. The van der Waals surface area contributed by atoms with Crippen molar-refractivity contribution in [3.05, 3.63) is 59.9 Å². The molecule has 0 bridgehead atoms. The van der Waals surface area contributed by atoms with E-state index in [0.717, 1.165) is 17.7 Å². The predicted molar refractivity (Wildman–Crippen MR) is 99.2 cm³/mol. The van der Waals surface area contributed by atoms with E-state index in [9.17, 15) is 13.2 Å². The number of nitrogens with two attached hydrogens (primary N) is 1. The Morgan fingerprint density at radius 3 is 2.57 bits per heavy atom. The molecule has 0 fully saturated rings. The van der Waals surface area contributed by atoms with Gasteiger partial charge < -0.3 is 18.1 Å². The van der Waals surface area contributed by atoms with Crippen molar-refractivity contribution in [2.45, 2.75) is 18.6 Å². The number of carbonyl (C=O) groups excluding carboxylic acids is 1. The molecule has 0 aliphatic carbocycles. The number of furan rings is 1. The molecule has 154 valence electrons. The van der Waals surface area contributed by atoms with Crippen LogP contribution in [0, 0.1) is 6.92 Å². The third kappa shape index (κ3) is 3.86. The number of ether oxygens (including phenoxy) is 1. The fourth-order valence-electron chi connectivity index (χ4n) is 2.61. The molecule has 1 aromatic carbocycles. The number of esters is 1. The molecule has 30 heavy (non-hydrogen) atoms. The third-order valence-corrected chi connectivity index (χ3v) is 4.76. The van der Waals surface area contributed by atoms with Crippen molar-refractivity contribution in [1.29, 1.82) is 0 Å². The molecule has 2 N–H and O–H groups in total. The molecule has 3 heterocycles. The molecular weight excluding hydrogens is 416 g/mol. The largest absolute Gasteiger partial charge is 0.450 e. The van der Waals surface area contributed by atoms with E-state index in [1.165, 1.54) is 0 Å². The Kier molecular flexibility index (Phi) is 4.93. The summed E-state index contributed by atoms with van der Waals surface area (Å²) in [5.74, 6) is -0.618. The summed E-state index contributed by atoms with van der Waals surface area (Å²) < 4.78 is 43.1. The molecule has 0 amide bonds. The SMILES string of the molecule is Cc1onc(-c2ccccc2)c1-c1nnc(COC(=O)c2ccc(S(N)(=O)=O)o2)o1. The zero-order valence-electron chi connectivity index (χ0n) is 15.4. The molecule has 12 heteroatoms. The Bertz CT molecular complexity index is 1310. The molecule has 0 unspecified atom stereocenters. The van der Waals surface area contributed by atoms with Crippen LogP contribution in [0.15, 0.2) is 60.9 Å². The van der Waals surface area contributed by atoms with E-state index in [2.05, 4.69) is 15.4 Å². The Morgan fingerprint density at radius 1 is 1.10 bits per heavy atom. The van der Waals surface area contributed by atoms with Crippen LogP contribution in [0.4, 0.5) is 0 Å². The smallest absolute Gasteiger partial charge is 0.374 e. The monoisotopic (exact) mass is 430 g/mol. The molecule has 0 aliphatic heterocycles. The van der Waals surface area contributed by atoms with Crippen molar-refractivity contribution in [3.8, 4) is 22.7 Å². The first-order chi connectivity index (χ1) is 14.3. The quantitative estimate of drug-likeness (QED) is 0.449.